The van der Waals surface area contributed by atoms with Crippen LogP contribution in [-0.4, -0.2) is 227 Å². The molecule has 1 aromatic heterocycles. The number of nitrogens with two attached hydrogens (primary N) is 4. The second-order valence-electron chi connectivity index (χ2n) is 29.0. The van der Waals surface area contributed by atoms with Gasteiger partial charge in [0.25, 0.3) is 5.91 Å². The molecule has 1 rings (SSSR count). The van der Waals surface area contributed by atoms with Gasteiger partial charge in [-0.25, -0.2) is 0 Å². The predicted molar refractivity (Wildman–Crippen MR) is 417 cm³/mol. The number of aromatic nitrogens is 1. The predicted octanol–water partition coefficient (Wildman–Crippen LogP) is -3.55. The second kappa shape index (κ2) is 52.2. The number of hydrogen-bond donors (Lipinski definition) is 24. The number of rotatable bonds is 54. The van der Waals surface area contributed by atoms with Crippen LogP contribution in [0.15, 0.2) is 24.4 Å². The molecule has 26 N–H and O–H groups in total. The van der Waals surface area contributed by atoms with Gasteiger partial charge in [-0.1, -0.05) is 61.5 Å². The third-order valence-corrected chi connectivity index (χ3v) is 17.5. The second-order valence-corrected chi connectivity index (χ2v) is 29.7. The van der Waals surface area contributed by atoms with Crippen LogP contribution in [0.1, 0.15) is 177 Å². The van der Waals surface area contributed by atoms with Gasteiger partial charge < -0.3 is 113 Å². The lowest BCUT2D eigenvalue weighted by molar-refractivity contribution is -0.138. The van der Waals surface area contributed by atoms with Crippen LogP contribution >= 0.6 is 25.3 Å². The number of nitrogens with one attached hydrogen (secondary N) is 17. The molecular weight excluding hydrogens is 1450 g/mol. The maximum atomic E-state index is 14.7. The summed E-state index contributed by atoms with van der Waals surface area (Å²) < 4.78 is 0. The van der Waals surface area contributed by atoms with E-state index in [-0.39, 0.29) is 150 Å². The summed E-state index contributed by atoms with van der Waals surface area (Å²) in [5.74, 6) is -12.7. The van der Waals surface area contributed by atoms with Gasteiger partial charge in [-0.05, 0) is 160 Å². The minimum atomic E-state index is -1.84. The summed E-state index contributed by atoms with van der Waals surface area (Å²) in [5.41, 5.74) is 21.0. The van der Waals surface area contributed by atoms with Crippen molar-refractivity contribution in [3.63, 3.8) is 0 Å². The molecule has 13 amide bonds. The smallest absolute Gasteiger partial charge is 0.270 e. The number of hydrogen-bond acceptors (Lipinski definition) is 22. The Balaban J connectivity index is 3.64. The molecule has 109 heavy (non-hydrogen) atoms. The normalized spacial score (nSPS) is 14.6. The maximum absolute atomic E-state index is 14.7. The minimum absolute atomic E-state index is 0.00351. The van der Waals surface area contributed by atoms with Crippen molar-refractivity contribution in [2.24, 2.45) is 46.6 Å². The first-order valence-electron chi connectivity index (χ1n) is 37.0. The van der Waals surface area contributed by atoms with Crippen LogP contribution in [0.4, 0.5) is 0 Å². The zero-order valence-corrected chi connectivity index (χ0v) is 66.6. The zero-order valence-electron chi connectivity index (χ0n) is 64.8. The van der Waals surface area contributed by atoms with Crippen molar-refractivity contribution in [1.82, 2.24) is 84.7 Å². The molecule has 0 spiro atoms. The third kappa shape index (κ3) is 39.3. The molecule has 39 heteroatoms. The van der Waals surface area contributed by atoms with Gasteiger partial charge >= 0.3 is 0 Å². The number of carbonyl (C=O) groups is 14. The van der Waals surface area contributed by atoms with Gasteiger partial charge in [0.05, 0.1) is 12.6 Å². The molecule has 0 fully saturated rings. The van der Waals surface area contributed by atoms with Crippen LogP contribution in [0.25, 0.3) is 0 Å². The summed E-state index contributed by atoms with van der Waals surface area (Å²) in [7, 11) is 0. The lowest BCUT2D eigenvalue weighted by Gasteiger charge is -2.32. The highest BCUT2D eigenvalue weighted by Gasteiger charge is 2.39. The number of thiol groups is 2. The monoisotopic (exact) mass is 1580 g/mol. The molecule has 0 aliphatic rings. The van der Waals surface area contributed by atoms with Gasteiger partial charge in [0.1, 0.15) is 84.0 Å². The number of nitrogens with zero attached hydrogens (tertiary/aromatic N) is 1. The minimum Gasteiger partial charge on any atom is -0.394 e. The van der Waals surface area contributed by atoms with Crippen LogP contribution in [-0.2, 0) is 62.3 Å². The summed E-state index contributed by atoms with van der Waals surface area (Å²) in [6.07, 6.45) is 3.55. The Kier molecular flexibility index (Phi) is 47.0. The molecule has 12 unspecified atom stereocenters. The summed E-state index contributed by atoms with van der Waals surface area (Å²) in [6, 6.07) is -11.3. The summed E-state index contributed by atoms with van der Waals surface area (Å²) in [4.78, 5) is 198. The van der Waals surface area contributed by atoms with Crippen molar-refractivity contribution in [2.75, 3.05) is 44.3 Å². The van der Waals surface area contributed by atoms with E-state index in [4.69, 9.17) is 33.8 Å². The molecule has 0 saturated carbocycles. The highest BCUT2D eigenvalue weighted by Crippen LogP contribution is 2.16. The summed E-state index contributed by atoms with van der Waals surface area (Å²) in [6.45, 7) is 18.0. The fourth-order valence-corrected chi connectivity index (χ4v) is 11.3. The molecule has 0 aromatic carbocycles. The largest absolute Gasteiger partial charge is 0.394 e. The first kappa shape index (κ1) is 98.1. The first-order chi connectivity index (χ1) is 51.3. The van der Waals surface area contributed by atoms with Gasteiger partial charge in [-0.2, -0.15) is 25.3 Å². The molecular formula is C70H124N22O15S2. The number of guanidine groups is 2. The van der Waals surface area contributed by atoms with E-state index in [2.05, 4.69) is 110 Å². The number of aldehydes is 1. The number of amides is 13. The average Bonchev–Trinajstić information content (AvgIpc) is 0.842. The van der Waals surface area contributed by atoms with E-state index in [1.165, 1.54) is 33.0 Å². The highest BCUT2D eigenvalue weighted by molar-refractivity contribution is 7.80. The molecule has 1 aromatic rings. The van der Waals surface area contributed by atoms with Crippen LogP contribution in [0.5, 0.6) is 0 Å². The van der Waals surface area contributed by atoms with E-state index in [0.29, 0.717) is 25.5 Å². The van der Waals surface area contributed by atoms with Crippen LogP contribution in [0.3, 0.4) is 0 Å². The number of aliphatic hydroxyl groups is 1. The number of pyridine rings is 1. The van der Waals surface area contributed by atoms with Crippen molar-refractivity contribution in [3.05, 3.63) is 30.1 Å². The number of aliphatic hydroxyl groups excluding tert-OH is 1. The number of carbonyl (C=O) groups excluding carboxylic acids is 14. The molecule has 0 aliphatic heterocycles. The molecule has 0 bridgehead atoms. The molecule has 616 valence electrons. The number of unbranched alkanes of at least 4 members (excludes halogenated alkanes) is 2. The van der Waals surface area contributed by atoms with E-state index < -0.39 is 161 Å². The van der Waals surface area contributed by atoms with Crippen molar-refractivity contribution in [3.8, 4) is 0 Å². The van der Waals surface area contributed by atoms with Crippen molar-refractivity contribution in [2.45, 2.75) is 244 Å². The highest BCUT2D eigenvalue weighted by atomic mass is 32.1. The Labute approximate surface area is 650 Å². The van der Waals surface area contributed by atoms with E-state index >= 15 is 0 Å². The van der Waals surface area contributed by atoms with E-state index in [9.17, 15) is 72.2 Å². The van der Waals surface area contributed by atoms with Crippen LogP contribution in [0.2, 0.25) is 0 Å². The zero-order chi connectivity index (χ0) is 82.7. The summed E-state index contributed by atoms with van der Waals surface area (Å²) in [5, 5.41) is 64.8. The van der Waals surface area contributed by atoms with E-state index in [0.717, 1.165) is 0 Å². The Morgan fingerprint density at radius 2 is 0.789 bits per heavy atom. The Morgan fingerprint density at radius 3 is 1.14 bits per heavy atom. The first-order valence-corrected chi connectivity index (χ1v) is 38.3. The maximum Gasteiger partial charge on any atom is 0.270 e. The van der Waals surface area contributed by atoms with Gasteiger partial charge in [-0.3, -0.25) is 78.1 Å². The van der Waals surface area contributed by atoms with E-state index in [1.54, 1.807) is 39.8 Å². The van der Waals surface area contributed by atoms with Gasteiger partial charge in [0.15, 0.2) is 11.9 Å². The van der Waals surface area contributed by atoms with Crippen LogP contribution < -0.4 is 103 Å². The van der Waals surface area contributed by atoms with Gasteiger partial charge in [0, 0.05) is 30.8 Å². The van der Waals surface area contributed by atoms with Gasteiger partial charge in [-0.15, -0.1) is 0 Å². The Bertz CT molecular complexity index is 3140. The molecule has 12 atom stereocenters. The topological polar surface area (TPSA) is 604 Å². The molecule has 37 nitrogen and oxygen atoms in total. The van der Waals surface area contributed by atoms with Gasteiger partial charge in [0.2, 0.25) is 70.9 Å². The molecule has 1 heterocycles. The standard InChI is InChI=1S/C70H124N22O15S2/c1-38(2)30-49(61(101)81-43(34-93)36-108)86-63(103)51(32-40(5)6)85-59(99)47(24-19-29-79-69(75)76)83-60(100)48(22-13-16-26-72)91-67(107)70(10,11)92-66(106)52(33-41(7)8)88-58(98)45(21-12-15-25-71)82-57(97)46(23-18-28-78-68(73)74)84-62(102)50(31-39(3)4)87-65(105)54(37-109)90-64(104)53(35-94)89-55(95)42(9)80-56(96)44-20-14-17-27-77-44/h14,17,20,27,34,38-43,45-54,94,108-109H,12-13,15-16,18-19,21-26,28-33,35-37,71-72H2,1-11H3,(H,80,96)(H,81,101)(H,82,97)(H,83,100)(H,84,102)(H,85,99)(H,86,103)(H,87,105)(H,88,98)(H,89,95)(H,90,104)(H,91,107)(H,92,106)(H4,73,74,78)(H4,75,76,79). The van der Waals surface area contributed by atoms with Crippen LogP contribution in [0, 0.1) is 34.5 Å². The average molecular weight is 1580 g/mol. The SMILES string of the molecule is CC(C)CC(NC(=O)C(CC(C)C)NC(=O)C(CCCNC(=N)N)NC(=O)C(CCCCN)NC(=O)C(C)(C)NC(=O)C(CC(C)C)NC(=O)C(CCCCN)NC(=O)C(CCCNC(=N)N)NC(=O)C(CC(C)C)NC(=O)C(CS)NC(=O)C(CO)NC(=O)C(C)NC(=O)c1ccccn1)C(=O)NC(C=O)CS. The summed E-state index contributed by atoms with van der Waals surface area (Å²) >= 11 is 8.36. The van der Waals surface area contributed by atoms with Crippen molar-refractivity contribution in [1.29, 1.82) is 10.8 Å². The van der Waals surface area contributed by atoms with Crippen molar-refractivity contribution < 1.29 is 72.2 Å². The Morgan fingerprint density at radius 1 is 0.450 bits per heavy atom. The van der Waals surface area contributed by atoms with E-state index in [1.807, 2.05) is 27.7 Å². The lowest BCUT2D eigenvalue weighted by atomic mass is 9.98. The quantitative estimate of drug-likeness (QED) is 0.00987. The molecule has 0 aliphatic carbocycles. The fourth-order valence-electron chi connectivity index (χ4n) is 10.8. The molecule has 0 radical (unpaired) electrons. The van der Waals surface area contributed by atoms with Crippen molar-refractivity contribution >= 4 is 120 Å². The Hall–Kier alpha value is -8.95. The fraction of sp³-hybridized carbons (Fsp3) is 0.700. The lowest BCUT2D eigenvalue weighted by Crippen LogP contribution is -2.63. The third-order valence-electron chi connectivity index (χ3n) is 16.7. The molecule has 0 saturated heterocycles.